The fourth-order valence-electron chi connectivity index (χ4n) is 1.46. The third-order valence-electron chi connectivity index (χ3n) is 2.27. The lowest BCUT2D eigenvalue weighted by atomic mass is 10.1. The molecule has 1 heterocycles. The van der Waals surface area contributed by atoms with Gasteiger partial charge < -0.3 is 9.15 Å². The standard InChI is InChI=1S/C12H10O4/c1-7-3-4-8-9(13)6-11(12(14)15-2)16-10(8)5-7/h3-6H,1-2H3. The molecule has 1 aromatic carbocycles. The summed E-state index contributed by atoms with van der Waals surface area (Å²) in [5, 5.41) is 0.457. The largest absolute Gasteiger partial charge is 0.463 e. The van der Waals surface area contributed by atoms with Gasteiger partial charge in [0, 0.05) is 6.07 Å². The van der Waals surface area contributed by atoms with Crippen molar-refractivity contribution in [2.24, 2.45) is 0 Å². The van der Waals surface area contributed by atoms with E-state index in [0.29, 0.717) is 11.0 Å². The topological polar surface area (TPSA) is 56.5 Å². The molecule has 0 fully saturated rings. The minimum Gasteiger partial charge on any atom is -0.463 e. The number of ether oxygens (including phenoxy) is 1. The van der Waals surface area contributed by atoms with Crippen molar-refractivity contribution in [3.05, 3.63) is 45.8 Å². The molecule has 1 aromatic heterocycles. The van der Waals surface area contributed by atoms with Gasteiger partial charge in [0.15, 0.2) is 5.43 Å². The van der Waals surface area contributed by atoms with Crippen LogP contribution in [-0.2, 0) is 4.74 Å². The van der Waals surface area contributed by atoms with Crippen LogP contribution in [0.3, 0.4) is 0 Å². The van der Waals surface area contributed by atoms with Crippen molar-refractivity contribution in [1.29, 1.82) is 0 Å². The summed E-state index contributed by atoms with van der Waals surface area (Å²) in [6, 6.07) is 6.35. The Morgan fingerprint density at radius 1 is 1.31 bits per heavy atom. The van der Waals surface area contributed by atoms with E-state index in [0.717, 1.165) is 11.6 Å². The summed E-state index contributed by atoms with van der Waals surface area (Å²) < 4.78 is 9.80. The van der Waals surface area contributed by atoms with Gasteiger partial charge in [0.2, 0.25) is 5.76 Å². The van der Waals surface area contributed by atoms with Crippen molar-refractivity contribution in [1.82, 2.24) is 0 Å². The maximum atomic E-state index is 11.7. The molecule has 0 spiro atoms. The van der Waals surface area contributed by atoms with Crippen LogP contribution in [-0.4, -0.2) is 13.1 Å². The third kappa shape index (κ3) is 1.69. The molecule has 4 heteroatoms. The van der Waals surface area contributed by atoms with Crippen LogP contribution in [0.25, 0.3) is 11.0 Å². The zero-order chi connectivity index (χ0) is 11.7. The molecule has 0 unspecified atom stereocenters. The van der Waals surface area contributed by atoms with Gasteiger partial charge in [-0.3, -0.25) is 4.79 Å². The van der Waals surface area contributed by atoms with Crippen molar-refractivity contribution in [2.45, 2.75) is 6.92 Å². The fourth-order valence-corrected chi connectivity index (χ4v) is 1.46. The van der Waals surface area contributed by atoms with E-state index in [1.54, 1.807) is 12.1 Å². The number of benzene rings is 1. The number of aryl methyl sites for hydroxylation is 1. The summed E-state index contributed by atoms with van der Waals surface area (Å²) >= 11 is 0. The molecule has 4 nitrogen and oxygen atoms in total. The lowest BCUT2D eigenvalue weighted by Gasteiger charge is -2.01. The lowest BCUT2D eigenvalue weighted by Crippen LogP contribution is -2.08. The van der Waals surface area contributed by atoms with Crippen LogP contribution in [0.1, 0.15) is 16.1 Å². The Kier molecular flexibility index (Phi) is 2.48. The first kappa shape index (κ1) is 10.4. The van der Waals surface area contributed by atoms with E-state index in [4.69, 9.17) is 4.42 Å². The third-order valence-corrected chi connectivity index (χ3v) is 2.27. The highest BCUT2D eigenvalue weighted by molar-refractivity contribution is 5.88. The maximum absolute atomic E-state index is 11.7. The minimum atomic E-state index is -0.652. The number of methoxy groups -OCH3 is 1. The Bertz CT molecular complexity index is 610. The predicted octanol–water partition coefficient (Wildman–Crippen LogP) is 1.89. The van der Waals surface area contributed by atoms with Crippen LogP contribution in [0.4, 0.5) is 0 Å². The van der Waals surface area contributed by atoms with Crippen LogP contribution >= 0.6 is 0 Å². The molecule has 0 saturated heterocycles. The fraction of sp³-hybridized carbons (Fsp3) is 0.167. The molecule has 0 aliphatic rings. The molecule has 0 bridgehead atoms. The summed E-state index contributed by atoms with van der Waals surface area (Å²) in [6.07, 6.45) is 0. The summed E-state index contributed by atoms with van der Waals surface area (Å²) in [5.41, 5.74) is 1.10. The molecule has 0 aliphatic heterocycles. The lowest BCUT2D eigenvalue weighted by molar-refractivity contribution is 0.0565. The van der Waals surface area contributed by atoms with Crippen LogP contribution < -0.4 is 5.43 Å². The van der Waals surface area contributed by atoms with Crippen LogP contribution in [0.2, 0.25) is 0 Å². The van der Waals surface area contributed by atoms with Gasteiger partial charge in [0.05, 0.1) is 12.5 Å². The highest BCUT2D eigenvalue weighted by atomic mass is 16.5. The first-order chi connectivity index (χ1) is 7.61. The molecule has 0 atom stereocenters. The van der Waals surface area contributed by atoms with Gasteiger partial charge in [0.25, 0.3) is 0 Å². The highest BCUT2D eigenvalue weighted by Crippen LogP contribution is 2.14. The van der Waals surface area contributed by atoms with E-state index in [1.807, 2.05) is 13.0 Å². The smallest absolute Gasteiger partial charge is 0.374 e. The van der Waals surface area contributed by atoms with Gasteiger partial charge in [-0.15, -0.1) is 0 Å². The van der Waals surface area contributed by atoms with E-state index in [9.17, 15) is 9.59 Å². The van der Waals surface area contributed by atoms with Gasteiger partial charge in [-0.1, -0.05) is 6.07 Å². The molecule has 0 aliphatic carbocycles. The summed E-state index contributed by atoms with van der Waals surface area (Å²) in [7, 11) is 1.24. The number of esters is 1. The minimum absolute atomic E-state index is 0.0781. The molecule has 0 radical (unpaired) electrons. The van der Waals surface area contributed by atoms with Gasteiger partial charge in [-0.25, -0.2) is 4.79 Å². The quantitative estimate of drug-likeness (QED) is 0.686. The van der Waals surface area contributed by atoms with E-state index >= 15 is 0 Å². The number of hydrogen-bond donors (Lipinski definition) is 0. The second-order valence-electron chi connectivity index (χ2n) is 3.47. The Hall–Kier alpha value is -2.10. The highest BCUT2D eigenvalue weighted by Gasteiger charge is 2.12. The summed E-state index contributed by atoms with van der Waals surface area (Å²) in [5.74, 6) is -0.730. The molecular formula is C12H10O4. The second-order valence-corrected chi connectivity index (χ2v) is 3.47. The normalized spacial score (nSPS) is 10.4. The molecule has 82 valence electrons. The Labute approximate surface area is 91.4 Å². The summed E-state index contributed by atoms with van der Waals surface area (Å²) in [4.78, 5) is 22.9. The summed E-state index contributed by atoms with van der Waals surface area (Å²) in [6.45, 7) is 1.88. The predicted molar refractivity (Wildman–Crippen MR) is 58.6 cm³/mol. The molecule has 0 amide bonds. The average molecular weight is 218 g/mol. The van der Waals surface area contributed by atoms with Crippen LogP contribution in [0.5, 0.6) is 0 Å². The Morgan fingerprint density at radius 2 is 2.06 bits per heavy atom. The van der Waals surface area contributed by atoms with E-state index in [1.165, 1.54) is 7.11 Å². The Balaban J connectivity index is 2.75. The van der Waals surface area contributed by atoms with Gasteiger partial charge >= 0.3 is 5.97 Å². The molecular weight excluding hydrogens is 208 g/mol. The van der Waals surface area contributed by atoms with Gasteiger partial charge in [0.1, 0.15) is 5.58 Å². The van der Waals surface area contributed by atoms with E-state index < -0.39 is 5.97 Å². The zero-order valence-electron chi connectivity index (χ0n) is 8.94. The molecule has 2 aromatic rings. The van der Waals surface area contributed by atoms with Crippen LogP contribution in [0.15, 0.2) is 33.5 Å². The van der Waals surface area contributed by atoms with Crippen molar-refractivity contribution in [3.63, 3.8) is 0 Å². The number of carbonyl (C=O) groups is 1. The molecule has 16 heavy (non-hydrogen) atoms. The number of fused-ring (bicyclic) bond motifs is 1. The van der Waals surface area contributed by atoms with E-state index in [-0.39, 0.29) is 11.2 Å². The molecule has 0 N–H and O–H groups in total. The van der Waals surface area contributed by atoms with E-state index in [2.05, 4.69) is 4.74 Å². The average Bonchev–Trinajstić information content (AvgIpc) is 2.27. The first-order valence-corrected chi connectivity index (χ1v) is 4.74. The monoisotopic (exact) mass is 218 g/mol. The van der Waals surface area contributed by atoms with Gasteiger partial charge in [-0.2, -0.15) is 0 Å². The van der Waals surface area contributed by atoms with Crippen molar-refractivity contribution in [2.75, 3.05) is 7.11 Å². The molecule has 2 rings (SSSR count). The second kappa shape index (κ2) is 3.81. The number of carbonyl (C=O) groups excluding carboxylic acids is 1. The number of rotatable bonds is 1. The number of hydrogen-bond acceptors (Lipinski definition) is 4. The first-order valence-electron chi connectivity index (χ1n) is 4.74. The Morgan fingerprint density at radius 3 is 2.75 bits per heavy atom. The van der Waals surface area contributed by atoms with Crippen LogP contribution in [0, 0.1) is 6.92 Å². The zero-order valence-corrected chi connectivity index (χ0v) is 8.94. The molecule has 0 saturated carbocycles. The van der Waals surface area contributed by atoms with Crippen molar-refractivity contribution in [3.8, 4) is 0 Å². The van der Waals surface area contributed by atoms with Crippen molar-refractivity contribution >= 4 is 16.9 Å². The maximum Gasteiger partial charge on any atom is 0.374 e. The SMILES string of the molecule is COC(=O)c1cc(=O)c2ccc(C)cc2o1. The van der Waals surface area contributed by atoms with Gasteiger partial charge in [-0.05, 0) is 24.6 Å². The van der Waals surface area contributed by atoms with Crippen molar-refractivity contribution < 1.29 is 13.9 Å².